The fourth-order valence-electron chi connectivity index (χ4n) is 2.00. The molecule has 1 unspecified atom stereocenters. The molecule has 0 aromatic heterocycles. The number of hydrogen-bond donors (Lipinski definition) is 2. The minimum Gasteiger partial charge on any atom is -0.313 e. The molecule has 1 fully saturated rings. The number of hydrogen-bond acceptors (Lipinski definition) is 3. The van der Waals surface area contributed by atoms with Crippen LogP contribution in [0, 0.1) is 11.6 Å². The maximum Gasteiger partial charge on any atom is 0.244 e. The molecule has 4 nitrogen and oxygen atoms in total. The highest BCUT2D eigenvalue weighted by molar-refractivity contribution is 9.10. The van der Waals surface area contributed by atoms with E-state index in [4.69, 9.17) is 0 Å². The molecule has 1 saturated heterocycles. The summed E-state index contributed by atoms with van der Waals surface area (Å²) in [5.41, 5.74) is 0. The molecule has 19 heavy (non-hydrogen) atoms. The minimum atomic E-state index is -4.00. The predicted octanol–water partition coefficient (Wildman–Crippen LogP) is 1.76. The Balaban J connectivity index is 2.19. The Kier molecular flexibility index (Phi) is 4.54. The van der Waals surface area contributed by atoms with Crippen LogP contribution < -0.4 is 10.0 Å². The van der Waals surface area contributed by atoms with E-state index in [-0.39, 0.29) is 17.1 Å². The summed E-state index contributed by atoms with van der Waals surface area (Å²) >= 11 is 2.87. The predicted molar refractivity (Wildman–Crippen MR) is 70.3 cm³/mol. The van der Waals surface area contributed by atoms with Gasteiger partial charge in [0.25, 0.3) is 0 Å². The van der Waals surface area contributed by atoms with Gasteiger partial charge in [0.05, 0.1) is 0 Å². The van der Waals surface area contributed by atoms with Crippen LogP contribution in [-0.4, -0.2) is 27.5 Å². The van der Waals surface area contributed by atoms with Gasteiger partial charge < -0.3 is 5.32 Å². The highest BCUT2D eigenvalue weighted by Crippen LogP contribution is 2.26. The number of sulfonamides is 1. The Morgan fingerprint density at radius 1 is 1.42 bits per heavy atom. The third-order valence-electron chi connectivity index (χ3n) is 2.91. The van der Waals surface area contributed by atoms with E-state index >= 15 is 0 Å². The van der Waals surface area contributed by atoms with Crippen molar-refractivity contribution in [2.24, 2.45) is 0 Å². The van der Waals surface area contributed by atoms with Crippen molar-refractivity contribution in [1.82, 2.24) is 10.0 Å². The molecule has 2 N–H and O–H groups in total. The summed E-state index contributed by atoms with van der Waals surface area (Å²) in [7, 11) is -4.00. The molecule has 1 aromatic carbocycles. The maximum atomic E-state index is 13.6. The van der Waals surface area contributed by atoms with Crippen molar-refractivity contribution in [2.75, 3.05) is 13.1 Å². The molecule has 0 amide bonds. The SMILES string of the molecule is O=S(=O)(NCC1CCCN1)c1c(F)cc(F)cc1Br. The number of halogens is 3. The normalized spacial score (nSPS) is 19.8. The monoisotopic (exact) mass is 354 g/mol. The van der Waals surface area contributed by atoms with Gasteiger partial charge in [-0.3, -0.25) is 0 Å². The zero-order valence-electron chi connectivity index (χ0n) is 9.92. The second-order valence-electron chi connectivity index (χ2n) is 4.34. The molecule has 106 valence electrons. The van der Waals surface area contributed by atoms with Crippen molar-refractivity contribution in [3.8, 4) is 0 Å². The van der Waals surface area contributed by atoms with Gasteiger partial charge in [-0.05, 0) is 41.4 Å². The van der Waals surface area contributed by atoms with Crippen LogP contribution >= 0.6 is 15.9 Å². The average molecular weight is 355 g/mol. The van der Waals surface area contributed by atoms with Crippen LogP contribution in [0.15, 0.2) is 21.5 Å². The first-order chi connectivity index (χ1) is 8.90. The van der Waals surface area contributed by atoms with Crippen LogP contribution in [0.3, 0.4) is 0 Å². The number of rotatable bonds is 4. The van der Waals surface area contributed by atoms with E-state index in [2.05, 4.69) is 26.0 Å². The van der Waals surface area contributed by atoms with Crippen LogP contribution in [0.5, 0.6) is 0 Å². The summed E-state index contributed by atoms with van der Waals surface area (Å²) in [5, 5.41) is 3.13. The van der Waals surface area contributed by atoms with Crippen molar-refractivity contribution < 1.29 is 17.2 Å². The van der Waals surface area contributed by atoms with Gasteiger partial charge in [-0.25, -0.2) is 21.9 Å². The zero-order valence-corrected chi connectivity index (χ0v) is 12.3. The van der Waals surface area contributed by atoms with Crippen molar-refractivity contribution in [3.05, 3.63) is 28.2 Å². The van der Waals surface area contributed by atoms with E-state index in [9.17, 15) is 17.2 Å². The molecule has 1 aliphatic heterocycles. The summed E-state index contributed by atoms with van der Waals surface area (Å²) in [6.45, 7) is 1.03. The Bertz CT molecular complexity index is 551. The van der Waals surface area contributed by atoms with Gasteiger partial charge in [-0.2, -0.15) is 0 Å². The minimum absolute atomic E-state index is 0.0528. The third-order valence-corrected chi connectivity index (χ3v) is 5.30. The van der Waals surface area contributed by atoms with Gasteiger partial charge in [0.15, 0.2) is 0 Å². The van der Waals surface area contributed by atoms with E-state index < -0.39 is 26.6 Å². The Labute approximate surface area is 118 Å². The number of benzene rings is 1. The topological polar surface area (TPSA) is 58.2 Å². The molecule has 1 aromatic rings. The highest BCUT2D eigenvalue weighted by Gasteiger charge is 2.25. The molecular formula is C11H13BrF2N2O2S. The molecule has 8 heteroatoms. The van der Waals surface area contributed by atoms with Crippen LogP contribution in [0.25, 0.3) is 0 Å². The zero-order chi connectivity index (χ0) is 14.0. The summed E-state index contributed by atoms with van der Waals surface area (Å²) in [4.78, 5) is -0.563. The summed E-state index contributed by atoms with van der Waals surface area (Å²) in [6.07, 6.45) is 1.86. The second kappa shape index (κ2) is 5.82. The lowest BCUT2D eigenvalue weighted by Gasteiger charge is -2.13. The van der Waals surface area contributed by atoms with Crippen molar-refractivity contribution in [1.29, 1.82) is 0 Å². The molecule has 0 radical (unpaired) electrons. The van der Waals surface area contributed by atoms with E-state index in [1.807, 2.05) is 0 Å². The fourth-order valence-corrected chi connectivity index (χ4v) is 4.24. The third kappa shape index (κ3) is 3.50. The van der Waals surface area contributed by atoms with Crippen molar-refractivity contribution >= 4 is 26.0 Å². The van der Waals surface area contributed by atoms with E-state index in [1.54, 1.807) is 0 Å². The van der Waals surface area contributed by atoms with Crippen LogP contribution in [-0.2, 0) is 10.0 Å². The lowest BCUT2D eigenvalue weighted by Crippen LogP contribution is -2.37. The molecule has 1 aliphatic rings. The van der Waals surface area contributed by atoms with Crippen molar-refractivity contribution in [2.45, 2.75) is 23.8 Å². The fraction of sp³-hybridized carbons (Fsp3) is 0.455. The van der Waals surface area contributed by atoms with Crippen LogP contribution in [0.2, 0.25) is 0 Å². The first kappa shape index (κ1) is 14.8. The number of nitrogens with one attached hydrogen (secondary N) is 2. The molecule has 1 atom stereocenters. The van der Waals surface area contributed by atoms with E-state index in [0.717, 1.165) is 25.5 Å². The largest absolute Gasteiger partial charge is 0.313 e. The summed E-state index contributed by atoms with van der Waals surface area (Å²) in [5.74, 6) is -1.94. The lowest BCUT2D eigenvalue weighted by molar-refractivity contribution is 0.530. The smallest absolute Gasteiger partial charge is 0.244 e. The summed E-state index contributed by atoms with van der Waals surface area (Å²) < 4.78 is 52.8. The van der Waals surface area contributed by atoms with Gasteiger partial charge >= 0.3 is 0 Å². The lowest BCUT2D eigenvalue weighted by atomic mass is 10.2. The standard InChI is InChI=1S/C11H13BrF2N2O2S/c12-9-4-7(13)5-10(14)11(9)19(17,18)16-6-8-2-1-3-15-8/h4-5,8,15-16H,1-3,6H2. The van der Waals surface area contributed by atoms with E-state index in [0.29, 0.717) is 6.07 Å². The molecule has 1 heterocycles. The van der Waals surface area contributed by atoms with Gasteiger partial charge in [-0.15, -0.1) is 0 Å². The second-order valence-corrected chi connectivity index (χ2v) is 6.90. The Morgan fingerprint density at radius 3 is 2.74 bits per heavy atom. The quantitative estimate of drug-likeness (QED) is 0.866. The van der Waals surface area contributed by atoms with E-state index in [1.165, 1.54) is 0 Å². The van der Waals surface area contributed by atoms with Crippen LogP contribution in [0.1, 0.15) is 12.8 Å². The Hall–Kier alpha value is -0.570. The summed E-state index contributed by atoms with van der Waals surface area (Å²) in [6, 6.07) is 1.52. The van der Waals surface area contributed by atoms with Gasteiger partial charge in [0.2, 0.25) is 10.0 Å². The Morgan fingerprint density at radius 2 is 2.16 bits per heavy atom. The van der Waals surface area contributed by atoms with Crippen LogP contribution in [0.4, 0.5) is 8.78 Å². The molecule has 0 saturated carbocycles. The molecule has 0 bridgehead atoms. The first-order valence-electron chi connectivity index (χ1n) is 5.78. The molecule has 0 aliphatic carbocycles. The first-order valence-corrected chi connectivity index (χ1v) is 8.05. The van der Waals surface area contributed by atoms with Crippen molar-refractivity contribution in [3.63, 3.8) is 0 Å². The van der Waals surface area contributed by atoms with Gasteiger partial charge in [-0.1, -0.05) is 0 Å². The average Bonchev–Trinajstić information content (AvgIpc) is 2.77. The molecular weight excluding hydrogens is 342 g/mol. The van der Waals surface area contributed by atoms with Gasteiger partial charge in [0, 0.05) is 23.1 Å². The molecule has 2 rings (SSSR count). The van der Waals surface area contributed by atoms with Gasteiger partial charge in [0.1, 0.15) is 16.5 Å². The molecule has 0 spiro atoms. The highest BCUT2D eigenvalue weighted by atomic mass is 79.9. The maximum absolute atomic E-state index is 13.6.